The monoisotopic (exact) mass is 295 g/mol. The first-order chi connectivity index (χ1) is 10.7. The third kappa shape index (κ3) is 2.53. The van der Waals surface area contributed by atoms with Gasteiger partial charge in [0, 0.05) is 6.92 Å². The van der Waals surface area contributed by atoms with Gasteiger partial charge in [0.1, 0.15) is 6.67 Å². The van der Waals surface area contributed by atoms with Crippen molar-refractivity contribution in [1.29, 1.82) is 0 Å². The number of hydrogen-bond donors (Lipinski definition) is 1. The summed E-state index contributed by atoms with van der Waals surface area (Å²) >= 11 is 0. The highest BCUT2D eigenvalue weighted by Gasteiger charge is 2.19. The van der Waals surface area contributed by atoms with Crippen molar-refractivity contribution >= 4 is 23.2 Å². The lowest BCUT2D eigenvalue weighted by atomic mass is 10.2. The fourth-order valence-corrected chi connectivity index (χ4v) is 2.56. The summed E-state index contributed by atoms with van der Waals surface area (Å²) in [6, 6.07) is 15.5. The van der Waals surface area contributed by atoms with E-state index < -0.39 is 0 Å². The van der Waals surface area contributed by atoms with Crippen molar-refractivity contribution in [1.82, 2.24) is 0 Å². The van der Waals surface area contributed by atoms with E-state index in [9.17, 15) is 4.79 Å². The summed E-state index contributed by atoms with van der Waals surface area (Å²) in [5.41, 5.74) is 1.59. The van der Waals surface area contributed by atoms with E-state index in [4.69, 9.17) is 4.74 Å². The van der Waals surface area contributed by atoms with Crippen molar-refractivity contribution in [2.45, 2.75) is 6.92 Å². The Morgan fingerprint density at radius 2 is 1.91 bits per heavy atom. The molecule has 0 fully saturated rings. The van der Waals surface area contributed by atoms with Crippen LogP contribution < -0.4 is 20.8 Å². The molecule has 0 aromatic heterocycles. The Morgan fingerprint density at radius 3 is 2.68 bits per heavy atom. The van der Waals surface area contributed by atoms with Gasteiger partial charge in [0.2, 0.25) is 11.8 Å². The highest BCUT2D eigenvalue weighted by atomic mass is 16.5. The van der Waals surface area contributed by atoms with Crippen LogP contribution in [0.2, 0.25) is 0 Å². The van der Waals surface area contributed by atoms with Gasteiger partial charge in [-0.1, -0.05) is 24.3 Å². The molecular formula is C17H17N3O2. The standard InChI is InChI=1S/C17H17N3O2/c1-12(21)19-15-9-5-6-10-16(15)20-11-18-14-8-4-3-7-13(14)17(20)22-2/h3-10H,11H2,1-2H3,(H,19,21). The summed E-state index contributed by atoms with van der Waals surface area (Å²) < 4.78 is 5.61. The topological polar surface area (TPSA) is 53.9 Å². The number of carbonyl (C=O) groups is 1. The van der Waals surface area contributed by atoms with Crippen LogP contribution in [0.4, 0.5) is 11.4 Å². The lowest BCUT2D eigenvalue weighted by Gasteiger charge is -2.28. The van der Waals surface area contributed by atoms with Gasteiger partial charge in [-0.3, -0.25) is 14.7 Å². The summed E-state index contributed by atoms with van der Waals surface area (Å²) in [4.78, 5) is 17.9. The van der Waals surface area contributed by atoms with Gasteiger partial charge in [0.15, 0.2) is 0 Å². The number of methoxy groups -OCH3 is 1. The second kappa shape index (κ2) is 5.89. The number of nitrogens with one attached hydrogen (secondary N) is 1. The molecule has 2 aromatic rings. The number of anilines is 2. The third-order valence-corrected chi connectivity index (χ3v) is 3.46. The minimum atomic E-state index is -0.110. The normalized spacial score (nSPS) is 13.2. The van der Waals surface area contributed by atoms with Crippen molar-refractivity contribution in [3.05, 3.63) is 59.1 Å². The lowest BCUT2D eigenvalue weighted by molar-refractivity contribution is -0.114. The minimum absolute atomic E-state index is 0.110. The maximum atomic E-state index is 11.4. The predicted octanol–water partition coefficient (Wildman–Crippen LogP) is 1.45. The van der Waals surface area contributed by atoms with Crippen LogP contribution in [-0.2, 0) is 9.53 Å². The van der Waals surface area contributed by atoms with E-state index in [1.165, 1.54) is 6.92 Å². The number of ether oxygens (including phenoxy) is 1. The molecular weight excluding hydrogens is 278 g/mol. The van der Waals surface area contributed by atoms with Crippen LogP contribution >= 0.6 is 0 Å². The van der Waals surface area contributed by atoms with E-state index >= 15 is 0 Å². The zero-order valence-electron chi connectivity index (χ0n) is 12.5. The lowest BCUT2D eigenvalue weighted by Crippen LogP contribution is -2.41. The molecule has 5 nitrogen and oxygen atoms in total. The number of hydrogen-bond acceptors (Lipinski definition) is 4. The fourth-order valence-electron chi connectivity index (χ4n) is 2.56. The molecule has 1 aliphatic heterocycles. The molecule has 5 heteroatoms. The molecule has 1 aliphatic rings. The second-order valence-electron chi connectivity index (χ2n) is 4.95. The van der Waals surface area contributed by atoms with E-state index in [1.807, 2.05) is 53.4 Å². The number of para-hydroxylation sites is 3. The Labute approximate surface area is 128 Å². The first-order valence-electron chi connectivity index (χ1n) is 7.02. The van der Waals surface area contributed by atoms with E-state index in [2.05, 4.69) is 10.3 Å². The number of carbonyl (C=O) groups excluding carboxylic acids is 1. The molecule has 1 heterocycles. The van der Waals surface area contributed by atoms with Crippen LogP contribution in [0.15, 0.2) is 53.5 Å². The zero-order chi connectivity index (χ0) is 15.5. The van der Waals surface area contributed by atoms with Crippen molar-refractivity contribution in [3.63, 3.8) is 0 Å². The van der Waals surface area contributed by atoms with Crippen LogP contribution in [0.25, 0.3) is 5.88 Å². The molecule has 0 spiro atoms. The Balaban J connectivity index is 2.15. The summed E-state index contributed by atoms with van der Waals surface area (Å²) in [7, 11) is 1.64. The molecule has 0 unspecified atom stereocenters. The van der Waals surface area contributed by atoms with Gasteiger partial charge in [-0.2, -0.15) is 0 Å². The molecule has 22 heavy (non-hydrogen) atoms. The van der Waals surface area contributed by atoms with Crippen molar-refractivity contribution in [2.24, 2.45) is 4.99 Å². The third-order valence-electron chi connectivity index (χ3n) is 3.46. The van der Waals surface area contributed by atoms with Crippen molar-refractivity contribution < 1.29 is 9.53 Å². The van der Waals surface area contributed by atoms with Gasteiger partial charge in [0.25, 0.3) is 0 Å². The summed E-state index contributed by atoms with van der Waals surface area (Å²) in [6.45, 7) is 1.93. The molecule has 2 aromatic carbocycles. The molecule has 0 atom stereocenters. The maximum absolute atomic E-state index is 11.4. The summed E-state index contributed by atoms with van der Waals surface area (Å²) in [5.74, 6) is 0.615. The predicted molar refractivity (Wildman–Crippen MR) is 85.7 cm³/mol. The molecule has 0 radical (unpaired) electrons. The van der Waals surface area contributed by atoms with Crippen LogP contribution in [0.3, 0.4) is 0 Å². The molecule has 0 saturated heterocycles. The quantitative estimate of drug-likeness (QED) is 0.932. The fraction of sp³-hybridized carbons (Fsp3) is 0.176. The highest BCUT2D eigenvalue weighted by molar-refractivity contribution is 5.93. The number of nitrogens with zero attached hydrogens (tertiary/aromatic N) is 2. The Hall–Kier alpha value is -2.82. The Kier molecular flexibility index (Phi) is 3.78. The van der Waals surface area contributed by atoms with Gasteiger partial charge < -0.3 is 10.1 Å². The van der Waals surface area contributed by atoms with Gasteiger partial charge >= 0.3 is 0 Å². The van der Waals surface area contributed by atoms with Crippen molar-refractivity contribution in [3.8, 4) is 0 Å². The van der Waals surface area contributed by atoms with E-state index in [0.717, 1.165) is 27.8 Å². The average molecular weight is 295 g/mol. The van der Waals surface area contributed by atoms with Crippen molar-refractivity contribution in [2.75, 3.05) is 24.0 Å². The first kappa shape index (κ1) is 14.1. The largest absolute Gasteiger partial charge is 0.482 e. The van der Waals surface area contributed by atoms with E-state index in [-0.39, 0.29) is 5.91 Å². The van der Waals surface area contributed by atoms with Crippen LogP contribution in [0, 0.1) is 0 Å². The number of benzene rings is 2. The zero-order valence-corrected chi connectivity index (χ0v) is 12.5. The Morgan fingerprint density at radius 1 is 1.18 bits per heavy atom. The maximum Gasteiger partial charge on any atom is 0.221 e. The number of fused-ring (bicyclic) bond motifs is 1. The minimum Gasteiger partial charge on any atom is -0.482 e. The smallest absolute Gasteiger partial charge is 0.221 e. The summed E-state index contributed by atoms with van der Waals surface area (Å²) in [6.07, 6.45) is 0. The first-order valence-corrected chi connectivity index (χ1v) is 7.02. The van der Waals surface area contributed by atoms with E-state index in [0.29, 0.717) is 6.67 Å². The molecule has 1 amide bonds. The molecule has 0 saturated carbocycles. The van der Waals surface area contributed by atoms with Crippen LogP contribution in [-0.4, -0.2) is 19.7 Å². The number of rotatable bonds is 3. The second-order valence-corrected chi connectivity index (χ2v) is 4.95. The van der Waals surface area contributed by atoms with Crippen LogP contribution in [0.5, 0.6) is 0 Å². The van der Waals surface area contributed by atoms with Gasteiger partial charge in [-0.05, 0) is 24.3 Å². The molecule has 112 valence electrons. The molecule has 0 aliphatic carbocycles. The molecule has 1 N–H and O–H groups in total. The highest BCUT2D eigenvalue weighted by Crippen LogP contribution is 2.29. The summed E-state index contributed by atoms with van der Waals surface area (Å²) in [5, 5.41) is 4.70. The Bertz CT molecular complexity index is 830. The van der Waals surface area contributed by atoms with Gasteiger partial charge in [-0.15, -0.1) is 0 Å². The SMILES string of the molecule is COC1=c2ccccc2=NCN1c1ccccc1NC(C)=O. The van der Waals surface area contributed by atoms with E-state index in [1.54, 1.807) is 7.11 Å². The number of amides is 1. The molecule has 0 bridgehead atoms. The van der Waals surface area contributed by atoms with Gasteiger partial charge in [0.05, 0.1) is 29.1 Å². The van der Waals surface area contributed by atoms with Gasteiger partial charge in [-0.25, -0.2) is 0 Å². The average Bonchev–Trinajstić information content (AvgIpc) is 2.54. The van der Waals surface area contributed by atoms with Crippen LogP contribution in [0.1, 0.15) is 6.92 Å². The molecule has 3 rings (SSSR count).